The van der Waals surface area contributed by atoms with E-state index in [1.165, 1.54) is 19.3 Å². The summed E-state index contributed by atoms with van der Waals surface area (Å²) in [6, 6.07) is 4.15. The van der Waals surface area contributed by atoms with Gasteiger partial charge in [0.05, 0.1) is 19.3 Å². The number of piperidine rings is 1. The Kier molecular flexibility index (Phi) is 8.92. The summed E-state index contributed by atoms with van der Waals surface area (Å²) in [4.78, 5) is 32.5. The Hall–Kier alpha value is -2.38. The second kappa shape index (κ2) is 11.7. The molecular weight excluding hydrogens is 418 g/mol. The number of methoxy groups -OCH3 is 1. The number of carbonyl (C=O) groups excluding carboxylic acids is 2. The first kappa shape index (κ1) is 25.2. The van der Waals surface area contributed by atoms with Crippen LogP contribution in [0.1, 0.15) is 55.5 Å². The van der Waals surface area contributed by atoms with Crippen LogP contribution in [0.4, 0.5) is 0 Å². The summed E-state index contributed by atoms with van der Waals surface area (Å²) in [5.41, 5.74) is 1.40. The highest BCUT2D eigenvalue weighted by atomic mass is 16.5. The highest BCUT2D eigenvalue weighted by molar-refractivity contribution is 6.09. The Morgan fingerprint density at radius 3 is 2.27 bits per heavy atom. The number of hydrogen-bond acceptors (Lipinski definition) is 6. The molecule has 0 N–H and O–H groups in total. The Bertz CT molecular complexity index is 851. The minimum atomic E-state index is -0.238. The maximum Gasteiger partial charge on any atom is 0.246 e. The van der Waals surface area contributed by atoms with Crippen LogP contribution < -0.4 is 9.47 Å². The molecule has 1 aromatic rings. The van der Waals surface area contributed by atoms with Gasteiger partial charge in [-0.1, -0.05) is 13.8 Å². The van der Waals surface area contributed by atoms with E-state index in [0.717, 1.165) is 63.4 Å². The molecular formula is C26H39N3O4. The van der Waals surface area contributed by atoms with Crippen molar-refractivity contribution in [1.29, 1.82) is 0 Å². The number of piperazine rings is 1. The molecule has 0 saturated carbocycles. The van der Waals surface area contributed by atoms with Gasteiger partial charge in [0.25, 0.3) is 0 Å². The first-order valence-electron chi connectivity index (χ1n) is 12.1. The lowest BCUT2D eigenvalue weighted by molar-refractivity contribution is -0.127. The third kappa shape index (κ3) is 6.36. The van der Waals surface area contributed by atoms with Gasteiger partial charge in [-0.15, -0.1) is 0 Å². The number of hydrogen-bond donors (Lipinski definition) is 0. The molecule has 0 aliphatic carbocycles. The van der Waals surface area contributed by atoms with Gasteiger partial charge in [-0.2, -0.15) is 0 Å². The van der Waals surface area contributed by atoms with E-state index in [2.05, 4.69) is 30.7 Å². The average molecular weight is 458 g/mol. The van der Waals surface area contributed by atoms with E-state index in [4.69, 9.17) is 9.47 Å². The van der Waals surface area contributed by atoms with Gasteiger partial charge in [-0.05, 0) is 50.4 Å². The standard InChI is InChI=1S/C26H39N3O4/c1-6-33-25-18-24(32-5)22(17-21(25)19(2)3)23(30)7-8-26(31)29-11-9-20(10-12-29)28-15-13-27(4)14-16-28/h7-8,17-20H,6,9-16H2,1-5H3. The summed E-state index contributed by atoms with van der Waals surface area (Å²) in [5.74, 6) is 1.03. The minimum absolute atomic E-state index is 0.103. The van der Waals surface area contributed by atoms with Crippen molar-refractivity contribution in [3.05, 3.63) is 35.4 Å². The Labute approximate surface area is 198 Å². The van der Waals surface area contributed by atoms with Crippen molar-refractivity contribution < 1.29 is 19.1 Å². The highest BCUT2D eigenvalue weighted by Gasteiger charge is 2.28. The number of rotatable bonds is 8. The molecule has 0 spiro atoms. The lowest BCUT2D eigenvalue weighted by Crippen LogP contribution is -2.52. The predicted octanol–water partition coefficient (Wildman–Crippen LogP) is 3.19. The van der Waals surface area contributed by atoms with E-state index in [-0.39, 0.29) is 17.6 Å². The molecule has 182 valence electrons. The van der Waals surface area contributed by atoms with Gasteiger partial charge in [-0.25, -0.2) is 0 Å². The third-order valence-corrected chi connectivity index (χ3v) is 6.73. The molecule has 2 aliphatic heterocycles. The van der Waals surface area contributed by atoms with Crippen LogP contribution in [-0.4, -0.2) is 92.5 Å². The summed E-state index contributed by atoms with van der Waals surface area (Å²) >= 11 is 0. The van der Waals surface area contributed by atoms with Crippen LogP contribution in [0.5, 0.6) is 11.5 Å². The monoisotopic (exact) mass is 457 g/mol. The molecule has 1 amide bonds. The van der Waals surface area contributed by atoms with Gasteiger partial charge < -0.3 is 19.3 Å². The summed E-state index contributed by atoms with van der Waals surface area (Å²) in [6.07, 6.45) is 4.75. The largest absolute Gasteiger partial charge is 0.496 e. The lowest BCUT2D eigenvalue weighted by atomic mass is 9.97. The van der Waals surface area contributed by atoms with Crippen LogP contribution in [0.3, 0.4) is 0 Å². The number of likely N-dealkylation sites (tertiary alicyclic amines) is 1. The number of benzene rings is 1. The fourth-order valence-corrected chi connectivity index (χ4v) is 4.65. The van der Waals surface area contributed by atoms with E-state index in [1.54, 1.807) is 6.07 Å². The SMILES string of the molecule is CCOc1cc(OC)c(C(=O)C=CC(=O)N2CCC(N3CCN(C)CC3)CC2)cc1C(C)C. The number of likely N-dealkylation sites (N-methyl/N-ethyl adjacent to an activating group) is 1. The number of ether oxygens (including phenoxy) is 2. The molecule has 2 aliphatic rings. The molecule has 0 aromatic heterocycles. The summed E-state index contributed by atoms with van der Waals surface area (Å²) in [7, 11) is 3.70. The highest BCUT2D eigenvalue weighted by Crippen LogP contribution is 2.34. The fourth-order valence-electron chi connectivity index (χ4n) is 4.65. The van der Waals surface area contributed by atoms with Crippen molar-refractivity contribution in [1.82, 2.24) is 14.7 Å². The van der Waals surface area contributed by atoms with Crippen LogP contribution >= 0.6 is 0 Å². The van der Waals surface area contributed by atoms with Gasteiger partial charge in [0.1, 0.15) is 11.5 Å². The Balaban J connectivity index is 1.62. The quantitative estimate of drug-likeness (QED) is 0.441. The molecule has 2 heterocycles. The van der Waals surface area contributed by atoms with Crippen molar-refractivity contribution in [3.63, 3.8) is 0 Å². The molecule has 33 heavy (non-hydrogen) atoms. The van der Waals surface area contributed by atoms with Gasteiger partial charge in [-0.3, -0.25) is 14.5 Å². The maximum atomic E-state index is 13.0. The van der Waals surface area contributed by atoms with Gasteiger partial charge in [0.15, 0.2) is 5.78 Å². The minimum Gasteiger partial charge on any atom is -0.496 e. The zero-order valence-electron chi connectivity index (χ0n) is 20.8. The number of carbonyl (C=O) groups is 2. The number of amides is 1. The molecule has 0 unspecified atom stereocenters. The topological polar surface area (TPSA) is 62.3 Å². The van der Waals surface area contributed by atoms with Crippen molar-refractivity contribution in [2.24, 2.45) is 0 Å². The smallest absolute Gasteiger partial charge is 0.246 e. The summed E-state index contributed by atoms with van der Waals surface area (Å²) in [6.45, 7) is 12.5. The zero-order valence-corrected chi connectivity index (χ0v) is 20.8. The normalized spacial score (nSPS) is 18.8. The maximum absolute atomic E-state index is 13.0. The Morgan fingerprint density at radius 2 is 1.70 bits per heavy atom. The summed E-state index contributed by atoms with van der Waals surface area (Å²) < 4.78 is 11.2. The molecule has 7 nitrogen and oxygen atoms in total. The van der Waals surface area contributed by atoms with Crippen LogP contribution in [0.2, 0.25) is 0 Å². The van der Waals surface area contributed by atoms with Crippen molar-refractivity contribution in [3.8, 4) is 11.5 Å². The second-order valence-electron chi connectivity index (χ2n) is 9.27. The summed E-state index contributed by atoms with van der Waals surface area (Å²) in [5, 5.41) is 0. The van der Waals surface area contributed by atoms with Gasteiger partial charge >= 0.3 is 0 Å². The molecule has 2 saturated heterocycles. The molecule has 3 rings (SSSR count). The molecule has 0 bridgehead atoms. The fraction of sp³-hybridized carbons (Fsp3) is 0.615. The van der Waals surface area contributed by atoms with Crippen LogP contribution in [0.25, 0.3) is 0 Å². The molecule has 1 aromatic carbocycles. The van der Waals surface area contributed by atoms with Crippen LogP contribution in [-0.2, 0) is 4.79 Å². The third-order valence-electron chi connectivity index (χ3n) is 6.73. The second-order valence-corrected chi connectivity index (χ2v) is 9.27. The lowest BCUT2D eigenvalue weighted by Gasteiger charge is -2.41. The van der Waals surface area contributed by atoms with Crippen LogP contribution in [0.15, 0.2) is 24.3 Å². The van der Waals surface area contributed by atoms with Crippen molar-refractivity contribution >= 4 is 11.7 Å². The zero-order chi connectivity index (χ0) is 24.0. The van der Waals surface area contributed by atoms with Crippen molar-refractivity contribution in [2.45, 2.75) is 45.6 Å². The number of allylic oxidation sites excluding steroid dienone is 1. The van der Waals surface area contributed by atoms with E-state index in [9.17, 15) is 9.59 Å². The van der Waals surface area contributed by atoms with E-state index < -0.39 is 0 Å². The molecule has 0 radical (unpaired) electrons. The van der Waals surface area contributed by atoms with Gasteiger partial charge in [0.2, 0.25) is 5.91 Å². The van der Waals surface area contributed by atoms with E-state index in [0.29, 0.717) is 24.0 Å². The van der Waals surface area contributed by atoms with E-state index in [1.807, 2.05) is 17.9 Å². The Morgan fingerprint density at radius 1 is 1.03 bits per heavy atom. The number of nitrogens with zero attached hydrogens (tertiary/aromatic N) is 3. The van der Waals surface area contributed by atoms with Crippen LogP contribution in [0, 0.1) is 0 Å². The van der Waals surface area contributed by atoms with Gasteiger partial charge in [0, 0.05) is 57.5 Å². The first-order chi connectivity index (χ1) is 15.8. The molecule has 7 heteroatoms. The van der Waals surface area contributed by atoms with E-state index >= 15 is 0 Å². The molecule has 0 atom stereocenters. The molecule has 2 fully saturated rings. The predicted molar refractivity (Wildman–Crippen MR) is 130 cm³/mol. The average Bonchev–Trinajstić information content (AvgIpc) is 2.82. The van der Waals surface area contributed by atoms with Crippen molar-refractivity contribution in [2.75, 3.05) is 60.0 Å². The number of ketones is 1. The first-order valence-corrected chi connectivity index (χ1v) is 12.1.